The van der Waals surface area contributed by atoms with E-state index in [0.29, 0.717) is 5.56 Å². The van der Waals surface area contributed by atoms with Gasteiger partial charge in [0, 0.05) is 45.0 Å². The van der Waals surface area contributed by atoms with Crippen LogP contribution in [0, 0.1) is 0 Å². The first-order valence-electron chi connectivity index (χ1n) is 9.27. The summed E-state index contributed by atoms with van der Waals surface area (Å²) in [6.07, 6.45) is 1.81. The van der Waals surface area contributed by atoms with E-state index in [2.05, 4.69) is 38.4 Å². The van der Waals surface area contributed by atoms with E-state index in [1.807, 2.05) is 42.5 Å². The molecule has 6 nitrogen and oxygen atoms in total. The average molecular weight is 367 g/mol. The van der Waals surface area contributed by atoms with Crippen molar-refractivity contribution >= 4 is 17.6 Å². The minimum atomic E-state index is -0.0635. The lowest BCUT2D eigenvalue weighted by Gasteiger charge is -2.12. The van der Waals surface area contributed by atoms with Gasteiger partial charge in [0.05, 0.1) is 0 Å². The van der Waals surface area contributed by atoms with Crippen LogP contribution in [0.15, 0.2) is 59.6 Å². The van der Waals surface area contributed by atoms with Crippen molar-refractivity contribution in [2.45, 2.75) is 12.8 Å². The molecule has 0 fully saturated rings. The van der Waals surface area contributed by atoms with Crippen molar-refractivity contribution in [2.24, 2.45) is 4.99 Å². The zero-order valence-corrected chi connectivity index (χ0v) is 16.1. The van der Waals surface area contributed by atoms with Crippen LogP contribution in [0.1, 0.15) is 22.3 Å². The maximum Gasteiger partial charge on any atom is 0.251 e. The largest absolute Gasteiger partial charge is 0.385 e. The number of hydrogen-bond donors (Lipinski definition) is 4. The van der Waals surface area contributed by atoms with E-state index in [1.165, 1.54) is 0 Å². The SMILES string of the molecule is CN=C(NCCCNc1ccccc1)NCCc1cccc(C(=O)NC)c1. The first kappa shape index (κ1) is 20.3. The van der Waals surface area contributed by atoms with E-state index in [9.17, 15) is 4.79 Å². The first-order chi connectivity index (χ1) is 13.2. The smallest absolute Gasteiger partial charge is 0.251 e. The molecule has 1 amide bonds. The molecule has 0 heterocycles. The molecule has 0 saturated heterocycles. The zero-order valence-electron chi connectivity index (χ0n) is 16.1. The summed E-state index contributed by atoms with van der Waals surface area (Å²) in [6.45, 7) is 2.49. The van der Waals surface area contributed by atoms with Gasteiger partial charge in [0.2, 0.25) is 0 Å². The highest BCUT2D eigenvalue weighted by Crippen LogP contribution is 2.06. The molecule has 4 N–H and O–H groups in total. The fourth-order valence-corrected chi connectivity index (χ4v) is 2.64. The minimum Gasteiger partial charge on any atom is -0.385 e. The summed E-state index contributed by atoms with van der Waals surface area (Å²) in [6, 6.07) is 17.9. The van der Waals surface area contributed by atoms with Crippen LogP contribution < -0.4 is 21.3 Å². The third-order valence-electron chi connectivity index (χ3n) is 4.09. The minimum absolute atomic E-state index is 0.0635. The number of carbonyl (C=O) groups excluding carboxylic acids is 1. The van der Waals surface area contributed by atoms with Crippen molar-refractivity contribution in [3.8, 4) is 0 Å². The molecule has 0 spiro atoms. The van der Waals surface area contributed by atoms with Gasteiger partial charge in [-0.1, -0.05) is 30.3 Å². The van der Waals surface area contributed by atoms with E-state index in [1.54, 1.807) is 14.1 Å². The third kappa shape index (κ3) is 7.40. The zero-order chi connectivity index (χ0) is 19.3. The Bertz CT molecular complexity index is 730. The van der Waals surface area contributed by atoms with Crippen LogP contribution >= 0.6 is 0 Å². The number of guanidine groups is 1. The molecule has 0 bridgehead atoms. The number of nitrogens with zero attached hydrogens (tertiary/aromatic N) is 1. The van der Waals surface area contributed by atoms with Crippen molar-refractivity contribution in [3.63, 3.8) is 0 Å². The standard InChI is InChI=1S/C21H29N5O/c1-22-20(27)18-9-6-8-17(16-18)12-15-26-21(23-2)25-14-7-13-24-19-10-4-3-5-11-19/h3-6,8-11,16,24H,7,12-15H2,1-2H3,(H,22,27)(H2,23,25,26). The molecule has 0 aliphatic rings. The second kappa shape index (κ2) is 11.6. The van der Waals surface area contributed by atoms with E-state index in [0.717, 1.165) is 49.7 Å². The number of anilines is 1. The molecule has 27 heavy (non-hydrogen) atoms. The molecule has 144 valence electrons. The van der Waals surface area contributed by atoms with Crippen molar-refractivity contribution in [3.05, 3.63) is 65.7 Å². The molecule has 0 aliphatic heterocycles. The third-order valence-corrected chi connectivity index (χ3v) is 4.09. The first-order valence-corrected chi connectivity index (χ1v) is 9.27. The second-order valence-corrected chi connectivity index (χ2v) is 6.10. The Morgan fingerprint density at radius 3 is 2.48 bits per heavy atom. The Labute approximate surface area is 161 Å². The lowest BCUT2D eigenvalue weighted by Crippen LogP contribution is -2.39. The number of para-hydroxylation sites is 1. The van der Waals surface area contributed by atoms with Gasteiger partial charge >= 0.3 is 0 Å². The van der Waals surface area contributed by atoms with E-state index in [4.69, 9.17) is 0 Å². The van der Waals surface area contributed by atoms with Gasteiger partial charge in [-0.2, -0.15) is 0 Å². The highest BCUT2D eigenvalue weighted by atomic mass is 16.1. The lowest BCUT2D eigenvalue weighted by atomic mass is 10.1. The fourth-order valence-electron chi connectivity index (χ4n) is 2.64. The molecular formula is C21H29N5O. The fraction of sp³-hybridized carbons (Fsp3) is 0.333. The quantitative estimate of drug-likeness (QED) is 0.311. The van der Waals surface area contributed by atoms with Gasteiger partial charge in [-0.05, 0) is 42.7 Å². The summed E-state index contributed by atoms with van der Waals surface area (Å²) < 4.78 is 0. The van der Waals surface area contributed by atoms with Gasteiger partial charge < -0.3 is 21.3 Å². The van der Waals surface area contributed by atoms with Gasteiger partial charge in [0.25, 0.3) is 5.91 Å². The monoisotopic (exact) mass is 367 g/mol. The number of aliphatic imine (C=N–C) groups is 1. The molecule has 2 aromatic rings. The average Bonchev–Trinajstić information content (AvgIpc) is 2.72. The summed E-state index contributed by atoms with van der Waals surface area (Å²) in [5.41, 5.74) is 2.94. The van der Waals surface area contributed by atoms with Crippen molar-refractivity contribution in [1.82, 2.24) is 16.0 Å². The molecular weight excluding hydrogens is 338 g/mol. The highest BCUT2D eigenvalue weighted by molar-refractivity contribution is 5.94. The maximum atomic E-state index is 11.7. The van der Waals surface area contributed by atoms with E-state index < -0.39 is 0 Å². The molecule has 0 unspecified atom stereocenters. The van der Waals surface area contributed by atoms with Crippen LogP contribution in [0.4, 0.5) is 5.69 Å². The normalized spacial score (nSPS) is 11.0. The number of amides is 1. The predicted molar refractivity (Wildman–Crippen MR) is 112 cm³/mol. The van der Waals surface area contributed by atoms with Crippen LogP contribution in [0.5, 0.6) is 0 Å². The number of nitrogens with one attached hydrogen (secondary N) is 4. The number of carbonyl (C=O) groups is 1. The topological polar surface area (TPSA) is 77.6 Å². The number of hydrogen-bond acceptors (Lipinski definition) is 3. The van der Waals surface area contributed by atoms with E-state index in [-0.39, 0.29) is 5.91 Å². The van der Waals surface area contributed by atoms with Crippen molar-refractivity contribution in [2.75, 3.05) is 39.0 Å². The van der Waals surface area contributed by atoms with Crippen LogP contribution in [0.3, 0.4) is 0 Å². The second-order valence-electron chi connectivity index (χ2n) is 6.10. The summed E-state index contributed by atoms with van der Waals surface area (Å²) in [5.74, 6) is 0.726. The Kier molecular flexibility index (Phi) is 8.69. The predicted octanol–water partition coefficient (Wildman–Crippen LogP) is 2.26. The van der Waals surface area contributed by atoms with Gasteiger partial charge in [-0.15, -0.1) is 0 Å². The molecule has 0 atom stereocenters. The maximum absolute atomic E-state index is 11.7. The summed E-state index contributed by atoms with van der Waals surface area (Å²) in [5, 5.41) is 12.7. The molecule has 0 radical (unpaired) electrons. The van der Waals surface area contributed by atoms with Gasteiger partial charge in [-0.3, -0.25) is 9.79 Å². The van der Waals surface area contributed by atoms with Crippen LogP contribution in [0.2, 0.25) is 0 Å². The van der Waals surface area contributed by atoms with Gasteiger partial charge in [0.15, 0.2) is 5.96 Å². The van der Waals surface area contributed by atoms with Crippen LogP contribution in [0.25, 0.3) is 0 Å². The molecule has 0 aliphatic carbocycles. The van der Waals surface area contributed by atoms with Gasteiger partial charge in [0.1, 0.15) is 0 Å². The van der Waals surface area contributed by atoms with E-state index >= 15 is 0 Å². The van der Waals surface area contributed by atoms with Crippen molar-refractivity contribution in [1.29, 1.82) is 0 Å². The number of benzene rings is 2. The Morgan fingerprint density at radius 2 is 1.74 bits per heavy atom. The molecule has 2 aromatic carbocycles. The molecule has 0 saturated carbocycles. The Morgan fingerprint density at radius 1 is 0.963 bits per heavy atom. The molecule has 2 rings (SSSR count). The Hall–Kier alpha value is -3.02. The molecule has 0 aromatic heterocycles. The molecule has 6 heteroatoms. The Balaban J connectivity index is 1.65. The summed E-state index contributed by atoms with van der Waals surface area (Å²) >= 11 is 0. The number of rotatable bonds is 9. The van der Waals surface area contributed by atoms with Crippen molar-refractivity contribution < 1.29 is 4.79 Å². The summed E-state index contributed by atoms with van der Waals surface area (Å²) in [7, 11) is 3.41. The van der Waals surface area contributed by atoms with Crippen LogP contribution in [-0.4, -0.2) is 45.6 Å². The highest BCUT2D eigenvalue weighted by Gasteiger charge is 2.04. The van der Waals surface area contributed by atoms with Crippen LogP contribution in [-0.2, 0) is 6.42 Å². The van der Waals surface area contributed by atoms with Gasteiger partial charge in [-0.25, -0.2) is 0 Å². The summed E-state index contributed by atoms with van der Waals surface area (Å²) in [4.78, 5) is 15.9. The lowest BCUT2D eigenvalue weighted by molar-refractivity contribution is 0.0963.